The van der Waals surface area contributed by atoms with Crippen LogP contribution in [0.2, 0.25) is 0 Å². The summed E-state index contributed by atoms with van der Waals surface area (Å²) in [6.07, 6.45) is 0. The zero-order valence-electron chi connectivity index (χ0n) is 27.0. The van der Waals surface area contributed by atoms with Crippen molar-refractivity contribution in [2.45, 2.75) is 0 Å². The topological polar surface area (TPSA) is 3.24 Å². The maximum atomic E-state index is 2.36. The first-order valence-corrected chi connectivity index (χ1v) is 16.8. The predicted octanol–water partition coefficient (Wildman–Crippen LogP) is 13.6. The van der Waals surface area contributed by atoms with Gasteiger partial charge >= 0.3 is 0 Å². The van der Waals surface area contributed by atoms with Crippen molar-refractivity contribution in [3.8, 4) is 33.4 Å². The minimum atomic E-state index is 1.11. The third kappa shape index (κ3) is 5.32. The van der Waals surface area contributed by atoms with E-state index in [0.29, 0.717) is 0 Å². The van der Waals surface area contributed by atoms with Gasteiger partial charge in [-0.3, -0.25) is 0 Å². The fraction of sp³-hybridized carbons (Fsp3) is 0. The SMILES string of the molecule is c1ccc(-c2ccccc2-c2ccc(N(c3ccccc3)c3ccc(-c4ccc5ccc6ccc7ccccc7c6c5c4)cc3)cc2)cc1. The van der Waals surface area contributed by atoms with Crippen LogP contribution in [0.5, 0.6) is 0 Å². The third-order valence-electron chi connectivity index (χ3n) is 9.65. The summed E-state index contributed by atoms with van der Waals surface area (Å²) in [5, 5.41) is 7.70. The van der Waals surface area contributed by atoms with Gasteiger partial charge in [0.25, 0.3) is 0 Å². The molecule has 0 saturated carbocycles. The smallest absolute Gasteiger partial charge is 0.0462 e. The second-order valence-corrected chi connectivity index (χ2v) is 12.6. The number of hydrogen-bond acceptors (Lipinski definition) is 1. The Morgan fingerprint density at radius 1 is 0.265 bits per heavy atom. The Hall–Kier alpha value is -6.44. The molecule has 9 aromatic rings. The summed E-state index contributed by atoms with van der Waals surface area (Å²) >= 11 is 0. The number of fused-ring (bicyclic) bond motifs is 5. The fourth-order valence-corrected chi connectivity index (χ4v) is 7.23. The quantitative estimate of drug-likeness (QED) is 0.167. The molecule has 1 nitrogen and oxygen atoms in total. The molecular formula is C48H33N. The van der Waals surface area contributed by atoms with Crippen LogP contribution >= 0.6 is 0 Å². The van der Waals surface area contributed by atoms with E-state index in [4.69, 9.17) is 0 Å². The molecule has 0 aromatic heterocycles. The summed E-state index contributed by atoms with van der Waals surface area (Å²) in [5.41, 5.74) is 10.7. The lowest BCUT2D eigenvalue weighted by Gasteiger charge is -2.26. The Balaban J connectivity index is 1.09. The van der Waals surface area contributed by atoms with Gasteiger partial charge in [-0.25, -0.2) is 0 Å². The van der Waals surface area contributed by atoms with Crippen LogP contribution in [0.15, 0.2) is 200 Å². The van der Waals surface area contributed by atoms with E-state index in [2.05, 4.69) is 205 Å². The summed E-state index contributed by atoms with van der Waals surface area (Å²) in [5.74, 6) is 0. The van der Waals surface area contributed by atoms with Crippen LogP contribution in [0.4, 0.5) is 17.1 Å². The van der Waals surface area contributed by atoms with Gasteiger partial charge in [-0.05, 0) is 108 Å². The predicted molar refractivity (Wildman–Crippen MR) is 210 cm³/mol. The summed E-state index contributed by atoms with van der Waals surface area (Å²) < 4.78 is 0. The van der Waals surface area contributed by atoms with E-state index in [1.165, 1.54) is 65.7 Å². The van der Waals surface area contributed by atoms with Gasteiger partial charge in [0.05, 0.1) is 0 Å². The van der Waals surface area contributed by atoms with Gasteiger partial charge in [-0.2, -0.15) is 0 Å². The number of hydrogen-bond donors (Lipinski definition) is 0. The minimum Gasteiger partial charge on any atom is -0.311 e. The first-order chi connectivity index (χ1) is 24.3. The molecule has 0 bridgehead atoms. The van der Waals surface area contributed by atoms with Gasteiger partial charge in [0.1, 0.15) is 0 Å². The van der Waals surface area contributed by atoms with Crippen molar-refractivity contribution in [2.24, 2.45) is 0 Å². The minimum absolute atomic E-state index is 1.11. The number of anilines is 3. The lowest BCUT2D eigenvalue weighted by Crippen LogP contribution is -2.09. The molecule has 0 fully saturated rings. The molecule has 9 aromatic carbocycles. The molecule has 0 heterocycles. The van der Waals surface area contributed by atoms with Crippen LogP contribution < -0.4 is 4.90 Å². The number of nitrogens with zero attached hydrogens (tertiary/aromatic N) is 1. The monoisotopic (exact) mass is 623 g/mol. The van der Waals surface area contributed by atoms with Crippen molar-refractivity contribution in [1.29, 1.82) is 0 Å². The maximum Gasteiger partial charge on any atom is 0.0462 e. The van der Waals surface area contributed by atoms with Gasteiger partial charge in [0.15, 0.2) is 0 Å². The zero-order valence-corrected chi connectivity index (χ0v) is 27.0. The molecule has 9 rings (SSSR count). The Morgan fingerprint density at radius 3 is 1.39 bits per heavy atom. The van der Waals surface area contributed by atoms with Crippen molar-refractivity contribution in [3.63, 3.8) is 0 Å². The lowest BCUT2D eigenvalue weighted by atomic mass is 9.94. The van der Waals surface area contributed by atoms with Gasteiger partial charge in [0, 0.05) is 17.1 Å². The summed E-state index contributed by atoms with van der Waals surface area (Å²) in [6, 6.07) is 72.3. The molecule has 0 amide bonds. The van der Waals surface area contributed by atoms with Crippen molar-refractivity contribution in [3.05, 3.63) is 200 Å². The standard InChI is InChI=1S/C48H33N/c1-3-11-35(12-4-1)44-16-9-10-17-45(44)37-27-31-43(32-28-37)49(41-14-5-2-6-15-41)42-29-25-34(26-30-42)40-24-21-38-20-23-39-22-19-36-13-7-8-18-46(36)48(39)47(38)33-40/h1-33H. The van der Waals surface area contributed by atoms with Crippen LogP contribution in [-0.4, -0.2) is 0 Å². The van der Waals surface area contributed by atoms with Crippen LogP contribution in [0.1, 0.15) is 0 Å². The highest BCUT2D eigenvalue weighted by atomic mass is 15.1. The van der Waals surface area contributed by atoms with E-state index in [-0.39, 0.29) is 0 Å². The fourth-order valence-electron chi connectivity index (χ4n) is 7.23. The second-order valence-electron chi connectivity index (χ2n) is 12.6. The van der Waals surface area contributed by atoms with Crippen LogP contribution in [0.3, 0.4) is 0 Å². The molecule has 230 valence electrons. The van der Waals surface area contributed by atoms with E-state index in [1.54, 1.807) is 0 Å². The number of para-hydroxylation sites is 1. The number of benzene rings is 9. The molecular weight excluding hydrogens is 591 g/mol. The highest BCUT2D eigenvalue weighted by Gasteiger charge is 2.14. The molecule has 0 aliphatic carbocycles. The molecule has 0 aliphatic heterocycles. The van der Waals surface area contributed by atoms with Crippen LogP contribution in [-0.2, 0) is 0 Å². The van der Waals surface area contributed by atoms with Crippen molar-refractivity contribution in [2.75, 3.05) is 4.90 Å². The molecule has 0 radical (unpaired) electrons. The van der Waals surface area contributed by atoms with Gasteiger partial charge in [0.2, 0.25) is 0 Å². The Morgan fingerprint density at radius 2 is 0.714 bits per heavy atom. The van der Waals surface area contributed by atoms with Gasteiger partial charge in [-0.15, -0.1) is 0 Å². The Kier molecular flexibility index (Phi) is 7.22. The second kappa shape index (κ2) is 12.3. The average Bonchev–Trinajstić information content (AvgIpc) is 3.19. The zero-order chi connectivity index (χ0) is 32.6. The van der Waals surface area contributed by atoms with Gasteiger partial charge in [-0.1, -0.05) is 158 Å². The van der Waals surface area contributed by atoms with Crippen molar-refractivity contribution < 1.29 is 0 Å². The number of rotatable bonds is 6. The molecule has 0 atom stereocenters. The van der Waals surface area contributed by atoms with E-state index < -0.39 is 0 Å². The third-order valence-corrected chi connectivity index (χ3v) is 9.65. The normalized spacial score (nSPS) is 11.3. The lowest BCUT2D eigenvalue weighted by molar-refractivity contribution is 1.28. The van der Waals surface area contributed by atoms with Crippen LogP contribution in [0, 0.1) is 0 Å². The molecule has 0 N–H and O–H groups in total. The largest absolute Gasteiger partial charge is 0.311 e. The molecule has 1 heteroatoms. The highest BCUT2D eigenvalue weighted by molar-refractivity contribution is 6.20. The average molecular weight is 624 g/mol. The first kappa shape index (κ1) is 28.8. The van der Waals surface area contributed by atoms with Crippen molar-refractivity contribution in [1.82, 2.24) is 0 Å². The first-order valence-electron chi connectivity index (χ1n) is 16.8. The molecule has 0 saturated heterocycles. The molecule has 0 unspecified atom stereocenters. The van der Waals surface area contributed by atoms with E-state index >= 15 is 0 Å². The highest BCUT2D eigenvalue weighted by Crippen LogP contribution is 2.39. The van der Waals surface area contributed by atoms with Crippen molar-refractivity contribution >= 4 is 49.4 Å². The van der Waals surface area contributed by atoms with Crippen LogP contribution in [0.25, 0.3) is 65.7 Å². The van der Waals surface area contributed by atoms with E-state index in [9.17, 15) is 0 Å². The molecule has 49 heavy (non-hydrogen) atoms. The molecule has 0 aliphatic rings. The summed E-state index contributed by atoms with van der Waals surface area (Å²) in [6.45, 7) is 0. The Labute approximate surface area is 287 Å². The van der Waals surface area contributed by atoms with E-state index in [0.717, 1.165) is 17.1 Å². The van der Waals surface area contributed by atoms with Gasteiger partial charge < -0.3 is 4.90 Å². The maximum absolute atomic E-state index is 2.36. The summed E-state index contributed by atoms with van der Waals surface area (Å²) in [4.78, 5) is 2.33. The Bertz CT molecular complexity index is 2560. The molecule has 0 spiro atoms. The summed E-state index contributed by atoms with van der Waals surface area (Å²) in [7, 11) is 0. The van der Waals surface area contributed by atoms with E-state index in [1.807, 2.05) is 0 Å².